The molecule has 7 nitrogen and oxygen atoms in total. The van der Waals surface area contributed by atoms with Crippen molar-refractivity contribution in [2.24, 2.45) is 4.99 Å². The fraction of sp³-hybridized carbons (Fsp3) is 0.667. The van der Waals surface area contributed by atoms with Crippen LogP contribution in [-0.2, 0) is 16.0 Å². The van der Waals surface area contributed by atoms with Gasteiger partial charge in [-0.15, -0.1) is 0 Å². The second kappa shape index (κ2) is 10.6. The predicted octanol–water partition coefficient (Wildman–Crippen LogP) is 1.55. The van der Waals surface area contributed by atoms with Crippen molar-refractivity contribution in [3.8, 4) is 5.75 Å². The van der Waals surface area contributed by atoms with E-state index in [0.717, 1.165) is 37.0 Å². The summed E-state index contributed by atoms with van der Waals surface area (Å²) in [6, 6.07) is 6.88. The number of ether oxygens (including phenoxy) is 3. The summed E-state index contributed by atoms with van der Waals surface area (Å²) in [5.41, 5.74) is 2.27. The number of morpholine rings is 1. The first kappa shape index (κ1) is 20.9. The van der Waals surface area contributed by atoms with Crippen molar-refractivity contribution in [2.75, 3.05) is 53.6 Å². The highest BCUT2D eigenvalue weighted by Crippen LogP contribution is 2.22. The lowest BCUT2D eigenvalue weighted by Gasteiger charge is -2.35. The van der Waals surface area contributed by atoms with Crippen molar-refractivity contribution < 1.29 is 14.2 Å². The number of nitrogens with zero attached hydrogens (tertiary/aromatic N) is 2. The van der Waals surface area contributed by atoms with Crippen LogP contribution in [-0.4, -0.2) is 76.6 Å². The van der Waals surface area contributed by atoms with Crippen LogP contribution in [0.25, 0.3) is 0 Å². The Balaban J connectivity index is 1.47. The number of fused-ring (bicyclic) bond motifs is 1. The van der Waals surface area contributed by atoms with Crippen molar-refractivity contribution in [1.29, 1.82) is 0 Å². The Morgan fingerprint density at radius 3 is 3.04 bits per heavy atom. The Morgan fingerprint density at radius 1 is 1.32 bits per heavy atom. The Labute approximate surface area is 168 Å². The molecule has 0 radical (unpaired) electrons. The van der Waals surface area contributed by atoms with Crippen molar-refractivity contribution in [3.63, 3.8) is 0 Å². The first-order valence-corrected chi connectivity index (χ1v) is 10.2. The third-order valence-corrected chi connectivity index (χ3v) is 5.40. The molecule has 0 aliphatic carbocycles. The van der Waals surface area contributed by atoms with E-state index in [2.05, 4.69) is 45.6 Å². The van der Waals surface area contributed by atoms with E-state index in [9.17, 15) is 0 Å². The van der Waals surface area contributed by atoms with Crippen LogP contribution in [0.3, 0.4) is 0 Å². The van der Waals surface area contributed by atoms with E-state index in [-0.39, 0.29) is 6.10 Å². The maximum Gasteiger partial charge on any atom is 0.191 e. The van der Waals surface area contributed by atoms with Gasteiger partial charge in [-0.1, -0.05) is 12.1 Å². The summed E-state index contributed by atoms with van der Waals surface area (Å²) < 4.78 is 17.0. The van der Waals surface area contributed by atoms with Gasteiger partial charge in [-0.25, -0.2) is 0 Å². The molecule has 156 valence electrons. The third kappa shape index (κ3) is 5.83. The van der Waals surface area contributed by atoms with Crippen LogP contribution in [0.4, 0.5) is 0 Å². The maximum absolute atomic E-state index is 6.02. The summed E-state index contributed by atoms with van der Waals surface area (Å²) in [5.74, 6) is 1.66. The Kier molecular flexibility index (Phi) is 7.94. The largest absolute Gasteiger partial charge is 0.491 e. The number of nitrogens with one attached hydrogen (secondary N) is 2. The molecule has 1 aromatic carbocycles. The minimum atomic E-state index is 0.209. The number of rotatable bonds is 8. The van der Waals surface area contributed by atoms with Crippen LogP contribution in [0.1, 0.15) is 24.0 Å². The van der Waals surface area contributed by atoms with Crippen molar-refractivity contribution in [3.05, 3.63) is 29.3 Å². The zero-order valence-electron chi connectivity index (χ0n) is 17.4. The molecule has 7 heteroatoms. The molecule has 0 saturated carbocycles. The number of hydrogen-bond acceptors (Lipinski definition) is 5. The molecule has 0 amide bonds. The van der Waals surface area contributed by atoms with E-state index in [1.54, 1.807) is 14.2 Å². The highest BCUT2D eigenvalue weighted by molar-refractivity contribution is 5.79. The first-order valence-electron chi connectivity index (χ1n) is 10.2. The summed E-state index contributed by atoms with van der Waals surface area (Å²) in [7, 11) is 3.47. The van der Waals surface area contributed by atoms with Gasteiger partial charge in [0.05, 0.1) is 19.3 Å². The number of aryl methyl sites for hydroxylation is 1. The molecule has 3 rings (SSSR count). The quantitative estimate of drug-likeness (QED) is 0.399. The molecule has 2 unspecified atom stereocenters. The highest BCUT2D eigenvalue weighted by atomic mass is 16.5. The lowest BCUT2D eigenvalue weighted by Crippen LogP contribution is -2.51. The van der Waals surface area contributed by atoms with E-state index in [1.165, 1.54) is 24.9 Å². The van der Waals surface area contributed by atoms with Gasteiger partial charge >= 0.3 is 0 Å². The topological polar surface area (TPSA) is 67.4 Å². The second-order valence-electron chi connectivity index (χ2n) is 7.51. The summed E-state index contributed by atoms with van der Waals surface area (Å²) >= 11 is 0. The SMILES string of the molecule is CN=C(NCc1ccc(C)cc1OCCOC)NCC1CN2CCCC2CO1. The number of aliphatic imine (C=N–C) groups is 1. The monoisotopic (exact) mass is 390 g/mol. The number of methoxy groups -OCH3 is 1. The number of guanidine groups is 1. The summed E-state index contributed by atoms with van der Waals surface area (Å²) in [5, 5.41) is 6.78. The van der Waals surface area contributed by atoms with Crippen LogP contribution >= 0.6 is 0 Å². The number of benzene rings is 1. The Bertz CT molecular complexity index is 653. The van der Waals surface area contributed by atoms with Crippen molar-refractivity contribution in [2.45, 2.75) is 38.5 Å². The summed E-state index contributed by atoms with van der Waals surface area (Å²) in [4.78, 5) is 6.90. The summed E-state index contributed by atoms with van der Waals surface area (Å²) in [6.07, 6.45) is 2.78. The van der Waals surface area contributed by atoms with Crippen LogP contribution < -0.4 is 15.4 Å². The maximum atomic E-state index is 6.02. The molecule has 2 aliphatic rings. The molecule has 1 aromatic rings. The molecule has 0 spiro atoms. The van der Waals surface area contributed by atoms with Crippen LogP contribution in [0.2, 0.25) is 0 Å². The molecular weight excluding hydrogens is 356 g/mol. The van der Waals surface area contributed by atoms with Crippen LogP contribution in [0.5, 0.6) is 5.75 Å². The number of hydrogen-bond donors (Lipinski definition) is 2. The van der Waals surface area contributed by atoms with E-state index in [0.29, 0.717) is 25.8 Å². The van der Waals surface area contributed by atoms with E-state index in [4.69, 9.17) is 14.2 Å². The minimum Gasteiger partial charge on any atom is -0.491 e. The molecule has 28 heavy (non-hydrogen) atoms. The van der Waals surface area contributed by atoms with E-state index in [1.807, 2.05) is 0 Å². The van der Waals surface area contributed by atoms with Gasteiger partial charge in [0.1, 0.15) is 12.4 Å². The van der Waals surface area contributed by atoms with Crippen molar-refractivity contribution >= 4 is 5.96 Å². The van der Waals surface area contributed by atoms with Gasteiger partial charge in [0.15, 0.2) is 5.96 Å². The predicted molar refractivity (Wildman–Crippen MR) is 111 cm³/mol. The third-order valence-electron chi connectivity index (χ3n) is 5.40. The van der Waals surface area contributed by atoms with Gasteiger partial charge in [-0.05, 0) is 37.9 Å². The average molecular weight is 391 g/mol. The Hall–Kier alpha value is -1.83. The standard InChI is InChI=1S/C21H34N4O3/c1-16-6-7-17(20(11-16)27-10-9-26-3)12-23-21(22-2)24-13-19-14-25-8-4-5-18(25)15-28-19/h6-7,11,18-19H,4-5,8-10,12-15H2,1-3H3,(H2,22,23,24). The molecule has 2 saturated heterocycles. The zero-order chi connectivity index (χ0) is 19.8. The molecule has 2 aliphatic heterocycles. The van der Waals surface area contributed by atoms with Crippen LogP contribution in [0.15, 0.2) is 23.2 Å². The van der Waals surface area contributed by atoms with Crippen LogP contribution in [0, 0.1) is 6.92 Å². The molecule has 0 bridgehead atoms. The Morgan fingerprint density at radius 2 is 2.21 bits per heavy atom. The zero-order valence-corrected chi connectivity index (χ0v) is 17.4. The van der Waals surface area contributed by atoms with Gasteiger partial charge in [0.25, 0.3) is 0 Å². The van der Waals surface area contributed by atoms with Gasteiger partial charge in [0, 0.05) is 45.4 Å². The minimum absolute atomic E-state index is 0.209. The lowest BCUT2D eigenvalue weighted by molar-refractivity contribution is -0.0453. The summed E-state index contributed by atoms with van der Waals surface area (Å²) in [6.45, 7) is 7.64. The molecular formula is C21H34N4O3. The smallest absolute Gasteiger partial charge is 0.191 e. The lowest BCUT2D eigenvalue weighted by atomic mass is 10.1. The molecule has 0 aromatic heterocycles. The normalized spacial score (nSPS) is 22.8. The highest BCUT2D eigenvalue weighted by Gasteiger charge is 2.32. The molecule has 2 N–H and O–H groups in total. The molecule has 2 atom stereocenters. The first-order chi connectivity index (χ1) is 13.7. The second-order valence-corrected chi connectivity index (χ2v) is 7.51. The van der Waals surface area contributed by atoms with Crippen molar-refractivity contribution in [1.82, 2.24) is 15.5 Å². The van der Waals surface area contributed by atoms with E-state index < -0.39 is 0 Å². The average Bonchev–Trinajstić information content (AvgIpc) is 3.17. The molecule has 2 fully saturated rings. The van der Waals surface area contributed by atoms with Gasteiger partial charge < -0.3 is 24.8 Å². The van der Waals surface area contributed by atoms with Gasteiger partial charge in [-0.3, -0.25) is 9.89 Å². The van der Waals surface area contributed by atoms with E-state index >= 15 is 0 Å². The van der Waals surface area contributed by atoms with Gasteiger partial charge in [0.2, 0.25) is 0 Å². The van der Waals surface area contributed by atoms with Gasteiger partial charge in [-0.2, -0.15) is 0 Å². The fourth-order valence-corrected chi connectivity index (χ4v) is 3.80. The molecule has 2 heterocycles. The fourth-order valence-electron chi connectivity index (χ4n) is 3.80.